The summed E-state index contributed by atoms with van der Waals surface area (Å²) in [5, 5.41) is 0.0900. The highest BCUT2D eigenvalue weighted by Gasteiger charge is 1.93. The zero-order valence-electron chi connectivity index (χ0n) is 6.55. The lowest BCUT2D eigenvalue weighted by Crippen LogP contribution is -1.78. The van der Waals surface area contributed by atoms with Gasteiger partial charge in [-0.05, 0) is 5.56 Å². The lowest BCUT2D eigenvalue weighted by atomic mass is 10.2. The van der Waals surface area contributed by atoms with E-state index < -0.39 is 0 Å². The molecule has 1 aromatic rings. The zero-order valence-corrected chi connectivity index (χ0v) is 8.81. The molecule has 0 saturated carbocycles. The molecule has 0 aromatic heterocycles. The molecule has 0 fully saturated rings. The highest BCUT2D eigenvalue weighted by molar-refractivity contribution is 6.59. The van der Waals surface area contributed by atoms with Crippen LogP contribution in [0, 0.1) is 0 Å². The molecule has 0 amide bonds. The van der Waals surface area contributed by atoms with Gasteiger partial charge in [-0.3, -0.25) is 0 Å². The quantitative estimate of drug-likeness (QED) is 0.543. The van der Waals surface area contributed by atoms with Crippen LogP contribution in [0.4, 0.5) is 0 Å². The summed E-state index contributed by atoms with van der Waals surface area (Å²) in [6.07, 6.45) is 1.59. The van der Waals surface area contributed by atoms with Crippen molar-refractivity contribution in [1.82, 2.24) is 0 Å². The van der Waals surface area contributed by atoms with Crippen molar-refractivity contribution in [3.8, 4) is 0 Å². The molecule has 0 bridgehead atoms. The molecule has 1 aromatic carbocycles. The van der Waals surface area contributed by atoms with E-state index in [0.717, 1.165) is 5.56 Å². The highest BCUT2D eigenvalue weighted by Crippen LogP contribution is 2.18. The Balaban J connectivity index is 2.76. The SMILES string of the molecule is ClC(Cl)=C(Cl)/N=C/c1ccccc1. The van der Waals surface area contributed by atoms with Crippen LogP contribution >= 0.6 is 34.8 Å². The maximum absolute atomic E-state index is 5.58. The summed E-state index contributed by atoms with van der Waals surface area (Å²) in [5.74, 6) is 0. The Morgan fingerprint density at radius 3 is 2.23 bits per heavy atom. The molecule has 0 aliphatic heterocycles. The molecule has 0 heterocycles. The normalized spacial score (nSPS) is 10.4. The first-order valence-corrected chi connectivity index (χ1v) is 4.63. The van der Waals surface area contributed by atoms with Gasteiger partial charge in [-0.25, -0.2) is 4.99 Å². The van der Waals surface area contributed by atoms with Gasteiger partial charge < -0.3 is 0 Å². The van der Waals surface area contributed by atoms with Crippen molar-refractivity contribution in [3.63, 3.8) is 0 Å². The second kappa shape index (κ2) is 5.28. The molecule has 0 atom stereocenters. The third kappa shape index (κ3) is 3.81. The summed E-state index contributed by atoms with van der Waals surface area (Å²) in [6.45, 7) is 0. The van der Waals surface area contributed by atoms with Crippen molar-refractivity contribution in [2.45, 2.75) is 0 Å². The van der Waals surface area contributed by atoms with Gasteiger partial charge in [-0.15, -0.1) is 0 Å². The molecule has 0 aliphatic rings. The second-order valence-corrected chi connectivity index (χ2v) is 3.53. The lowest BCUT2D eigenvalue weighted by Gasteiger charge is -1.90. The van der Waals surface area contributed by atoms with E-state index in [1.54, 1.807) is 6.21 Å². The predicted molar refractivity (Wildman–Crippen MR) is 58.6 cm³/mol. The molecule has 0 N–H and O–H groups in total. The molecule has 1 rings (SSSR count). The minimum atomic E-state index is -0.0335. The molecule has 0 aliphatic carbocycles. The summed E-state index contributed by atoms with van der Waals surface area (Å²) >= 11 is 16.4. The lowest BCUT2D eigenvalue weighted by molar-refractivity contribution is 1.52. The van der Waals surface area contributed by atoms with Gasteiger partial charge in [0.15, 0.2) is 5.16 Å². The van der Waals surface area contributed by atoms with E-state index in [-0.39, 0.29) is 9.65 Å². The van der Waals surface area contributed by atoms with Crippen LogP contribution in [-0.4, -0.2) is 6.21 Å². The number of benzene rings is 1. The summed E-state index contributed by atoms with van der Waals surface area (Å²) in [4.78, 5) is 3.85. The number of aliphatic imine (C=N–C) groups is 1. The van der Waals surface area contributed by atoms with E-state index in [1.165, 1.54) is 0 Å². The second-order valence-electron chi connectivity index (χ2n) is 2.22. The first kappa shape index (κ1) is 10.6. The van der Waals surface area contributed by atoms with Crippen LogP contribution in [0.1, 0.15) is 5.56 Å². The van der Waals surface area contributed by atoms with Gasteiger partial charge in [-0.2, -0.15) is 0 Å². The van der Waals surface area contributed by atoms with Gasteiger partial charge >= 0.3 is 0 Å². The Labute approximate surface area is 91.6 Å². The fraction of sp³-hybridized carbons (Fsp3) is 0. The van der Waals surface area contributed by atoms with Crippen molar-refractivity contribution in [3.05, 3.63) is 45.5 Å². The van der Waals surface area contributed by atoms with Crippen LogP contribution < -0.4 is 0 Å². The Morgan fingerprint density at radius 1 is 1.08 bits per heavy atom. The molecule has 68 valence electrons. The Kier molecular flexibility index (Phi) is 4.29. The Hall–Kier alpha value is -0.500. The topological polar surface area (TPSA) is 12.4 Å². The highest BCUT2D eigenvalue weighted by atomic mass is 35.5. The smallest absolute Gasteiger partial charge is 0.159 e. The maximum Gasteiger partial charge on any atom is 0.159 e. The third-order valence-corrected chi connectivity index (χ3v) is 2.12. The van der Waals surface area contributed by atoms with E-state index in [0.29, 0.717) is 0 Å². The number of hydrogen-bond acceptors (Lipinski definition) is 1. The molecular weight excluding hydrogens is 228 g/mol. The standard InChI is InChI=1S/C9H6Cl3N/c10-8(11)9(12)13-6-7-4-2-1-3-5-7/h1-6H/b13-6+. The van der Waals surface area contributed by atoms with Crippen molar-refractivity contribution in [2.24, 2.45) is 4.99 Å². The van der Waals surface area contributed by atoms with Crippen molar-refractivity contribution in [2.75, 3.05) is 0 Å². The van der Waals surface area contributed by atoms with E-state index >= 15 is 0 Å². The third-order valence-electron chi connectivity index (χ3n) is 1.28. The van der Waals surface area contributed by atoms with E-state index in [4.69, 9.17) is 34.8 Å². The summed E-state index contributed by atoms with van der Waals surface area (Å²) in [7, 11) is 0. The van der Waals surface area contributed by atoms with Gasteiger partial charge in [0.25, 0.3) is 0 Å². The molecule has 0 unspecified atom stereocenters. The first-order valence-electron chi connectivity index (χ1n) is 3.50. The minimum Gasteiger partial charge on any atom is -0.241 e. The monoisotopic (exact) mass is 233 g/mol. The Bertz CT molecular complexity index is 326. The Morgan fingerprint density at radius 2 is 1.69 bits per heavy atom. The fourth-order valence-electron chi connectivity index (χ4n) is 0.719. The average Bonchev–Trinajstić information content (AvgIpc) is 2.15. The maximum atomic E-state index is 5.58. The van der Waals surface area contributed by atoms with Gasteiger partial charge in [0.1, 0.15) is 4.49 Å². The van der Waals surface area contributed by atoms with Crippen molar-refractivity contribution in [1.29, 1.82) is 0 Å². The summed E-state index contributed by atoms with van der Waals surface area (Å²) < 4.78 is -0.0335. The predicted octanol–water partition coefficient (Wildman–Crippen LogP) is 3.95. The van der Waals surface area contributed by atoms with Crippen LogP contribution in [0.25, 0.3) is 0 Å². The number of hydrogen-bond donors (Lipinski definition) is 0. The van der Waals surface area contributed by atoms with Crippen molar-refractivity contribution < 1.29 is 0 Å². The fourth-order valence-corrected chi connectivity index (χ4v) is 0.865. The van der Waals surface area contributed by atoms with E-state index in [9.17, 15) is 0 Å². The summed E-state index contributed by atoms with van der Waals surface area (Å²) in [5.41, 5.74) is 0.940. The van der Waals surface area contributed by atoms with Gasteiger partial charge in [-0.1, -0.05) is 65.1 Å². The molecule has 0 radical (unpaired) electrons. The van der Waals surface area contributed by atoms with Crippen molar-refractivity contribution >= 4 is 41.0 Å². The summed E-state index contributed by atoms with van der Waals surface area (Å²) in [6, 6.07) is 9.53. The van der Waals surface area contributed by atoms with E-state index in [1.807, 2.05) is 30.3 Å². The molecule has 4 heteroatoms. The van der Waals surface area contributed by atoms with E-state index in [2.05, 4.69) is 4.99 Å². The molecule has 0 saturated heterocycles. The number of rotatable bonds is 2. The number of halogens is 3. The van der Waals surface area contributed by atoms with Gasteiger partial charge in [0.2, 0.25) is 0 Å². The van der Waals surface area contributed by atoms with Crippen LogP contribution in [0.5, 0.6) is 0 Å². The molecule has 1 nitrogen and oxygen atoms in total. The van der Waals surface area contributed by atoms with Crippen LogP contribution in [-0.2, 0) is 0 Å². The van der Waals surface area contributed by atoms with Gasteiger partial charge in [0, 0.05) is 6.21 Å². The molecule has 13 heavy (non-hydrogen) atoms. The van der Waals surface area contributed by atoms with Crippen LogP contribution in [0.15, 0.2) is 45.0 Å². The average molecular weight is 235 g/mol. The van der Waals surface area contributed by atoms with Crippen LogP contribution in [0.3, 0.4) is 0 Å². The molecular formula is C9H6Cl3N. The van der Waals surface area contributed by atoms with Crippen LogP contribution in [0.2, 0.25) is 0 Å². The minimum absolute atomic E-state index is 0.0335. The first-order chi connectivity index (χ1) is 6.20. The largest absolute Gasteiger partial charge is 0.241 e. The van der Waals surface area contributed by atoms with Gasteiger partial charge in [0.05, 0.1) is 0 Å². The molecule has 0 spiro atoms. The zero-order chi connectivity index (χ0) is 9.68. The number of nitrogens with zero attached hydrogens (tertiary/aromatic N) is 1.